The smallest absolute Gasteiger partial charge is 0.371 e. The number of rotatable bonds is 6. The fourth-order valence-electron chi connectivity index (χ4n) is 2.59. The van der Waals surface area contributed by atoms with Crippen LogP contribution in [0.5, 0.6) is 0 Å². The highest BCUT2D eigenvalue weighted by molar-refractivity contribution is 5.35. The molecule has 0 amide bonds. The highest BCUT2D eigenvalue weighted by atomic mass is 19.4. The first-order valence-corrected chi connectivity index (χ1v) is 8.36. The number of hydrogen-bond donors (Lipinski definition) is 1. The van der Waals surface area contributed by atoms with E-state index in [-0.39, 0.29) is 18.2 Å². The molecular formula is C20H18F7NO. The molecule has 29 heavy (non-hydrogen) atoms. The van der Waals surface area contributed by atoms with E-state index in [2.05, 4.69) is 6.58 Å². The van der Waals surface area contributed by atoms with Crippen LogP contribution in [0.4, 0.5) is 30.7 Å². The highest BCUT2D eigenvalue weighted by Gasteiger charge is 2.37. The van der Waals surface area contributed by atoms with Gasteiger partial charge in [-0.2, -0.15) is 26.3 Å². The minimum atomic E-state index is -4.96. The molecule has 2 aromatic rings. The maximum atomic E-state index is 13.1. The third-order valence-electron chi connectivity index (χ3n) is 4.40. The summed E-state index contributed by atoms with van der Waals surface area (Å²) in [6.45, 7) is 4.58. The van der Waals surface area contributed by atoms with E-state index in [4.69, 9.17) is 10.5 Å². The van der Waals surface area contributed by atoms with Crippen molar-refractivity contribution in [2.45, 2.75) is 30.9 Å². The molecule has 1 unspecified atom stereocenters. The van der Waals surface area contributed by atoms with Gasteiger partial charge in [0.2, 0.25) is 0 Å². The Labute approximate surface area is 162 Å². The number of halogens is 7. The van der Waals surface area contributed by atoms with E-state index in [1.54, 1.807) is 0 Å². The lowest BCUT2D eigenvalue weighted by atomic mass is 9.92. The van der Waals surface area contributed by atoms with E-state index in [9.17, 15) is 30.7 Å². The zero-order valence-corrected chi connectivity index (χ0v) is 15.2. The summed E-state index contributed by atoms with van der Waals surface area (Å²) in [6.07, 6.45) is -9.74. The van der Waals surface area contributed by atoms with Crippen LogP contribution in [0.3, 0.4) is 0 Å². The number of nitrogens with two attached hydrogens (primary N) is 1. The van der Waals surface area contributed by atoms with Crippen LogP contribution in [0.1, 0.15) is 35.3 Å². The van der Waals surface area contributed by atoms with E-state index in [1.165, 1.54) is 25.1 Å². The molecule has 0 heterocycles. The topological polar surface area (TPSA) is 35.2 Å². The Morgan fingerprint density at radius 2 is 1.41 bits per heavy atom. The lowest BCUT2D eigenvalue weighted by Crippen LogP contribution is -2.39. The molecule has 2 N–H and O–H groups in total. The first-order chi connectivity index (χ1) is 13.3. The predicted octanol–water partition coefficient (Wildman–Crippen LogP) is 5.98. The summed E-state index contributed by atoms with van der Waals surface area (Å²) >= 11 is 0. The molecular weight excluding hydrogens is 403 g/mol. The Morgan fingerprint density at radius 3 is 1.83 bits per heavy atom. The third-order valence-corrected chi connectivity index (χ3v) is 4.40. The van der Waals surface area contributed by atoms with Gasteiger partial charge in [-0.25, -0.2) is 4.39 Å². The number of ether oxygens (including phenoxy) is 1. The maximum absolute atomic E-state index is 13.1. The van der Waals surface area contributed by atoms with Crippen molar-refractivity contribution in [1.82, 2.24) is 0 Å². The molecule has 9 heteroatoms. The molecule has 0 spiro atoms. The quantitative estimate of drug-likeness (QED) is 0.460. The normalized spacial score (nSPS) is 15.6. The van der Waals surface area contributed by atoms with Crippen LogP contribution in [0.2, 0.25) is 0 Å². The Morgan fingerprint density at radius 1 is 0.931 bits per heavy atom. The van der Waals surface area contributed by atoms with Gasteiger partial charge >= 0.3 is 12.4 Å². The van der Waals surface area contributed by atoms with E-state index in [0.717, 1.165) is 12.1 Å². The fraction of sp³-hybridized carbons (Fsp3) is 0.300. The highest BCUT2D eigenvalue weighted by Crippen LogP contribution is 2.38. The molecule has 2 aromatic carbocycles. The minimum absolute atomic E-state index is 0.0473. The van der Waals surface area contributed by atoms with Crippen LogP contribution in [0, 0.1) is 5.82 Å². The summed E-state index contributed by atoms with van der Waals surface area (Å²) < 4.78 is 96.6. The first-order valence-electron chi connectivity index (χ1n) is 8.36. The molecule has 2 rings (SSSR count). The van der Waals surface area contributed by atoms with E-state index >= 15 is 0 Å². The summed E-state index contributed by atoms with van der Waals surface area (Å²) in [5.74, 6) is -0.502. The lowest BCUT2D eigenvalue weighted by Gasteiger charge is -2.28. The second-order valence-corrected chi connectivity index (χ2v) is 6.54. The van der Waals surface area contributed by atoms with Crippen LogP contribution in [0.15, 0.2) is 55.1 Å². The molecule has 2 atom stereocenters. The van der Waals surface area contributed by atoms with Crippen molar-refractivity contribution >= 4 is 0 Å². The number of benzene rings is 2. The largest absolute Gasteiger partial charge is 0.416 e. The zero-order chi connectivity index (χ0) is 22.0. The van der Waals surface area contributed by atoms with Gasteiger partial charge < -0.3 is 10.5 Å². The van der Waals surface area contributed by atoms with Crippen molar-refractivity contribution < 1.29 is 35.5 Å². The first kappa shape index (κ1) is 22.9. The summed E-state index contributed by atoms with van der Waals surface area (Å²) in [4.78, 5) is 0. The second kappa shape index (κ2) is 8.16. The van der Waals surface area contributed by atoms with Crippen LogP contribution >= 0.6 is 0 Å². The summed E-state index contributed by atoms with van der Waals surface area (Å²) in [7, 11) is 0. The Hall–Kier alpha value is -2.39. The molecule has 0 bridgehead atoms. The molecule has 158 valence electrons. The maximum Gasteiger partial charge on any atom is 0.416 e. The van der Waals surface area contributed by atoms with Gasteiger partial charge in [-0.05, 0) is 48.4 Å². The number of alkyl halides is 6. The van der Waals surface area contributed by atoms with Gasteiger partial charge in [0.25, 0.3) is 0 Å². The molecule has 0 saturated carbocycles. The van der Waals surface area contributed by atoms with Crippen LogP contribution in [-0.4, -0.2) is 6.61 Å². The predicted molar refractivity (Wildman–Crippen MR) is 93.3 cm³/mol. The van der Waals surface area contributed by atoms with Gasteiger partial charge in [0, 0.05) is 0 Å². The van der Waals surface area contributed by atoms with Crippen molar-refractivity contribution in [3.63, 3.8) is 0 Å². The SMILES string of the molecule is C=CC(N)(CO[C@H](C)c1cc(C(F)(F)F)cc(C(F)(F)F)c1)c1ccc(F)cc1. The van der Waals surface area contributed by atoms with Gasteiger partial charge in [-0.1, -0.05) is 18.2 Å². The van der Waals surface area contributed by atoms with Crippen LogP contribution in [0.25, 0.3) is 0 Å². The molecule has 0 fully saturated rings. The van der Waals surface area contributed by atoms with E-state index in [0.29, 0.717) is 17.7 Å². The summed E-state index contributed by atoms with van der Waals surface area (Å²) in [5, 5.41) is 0. The van der Waals surface area contributed by atoms with Gasteiger partial charge in [0.05, 0.1) is 29.4 Å². The van der Waals surface area contributed by atoms with Gasteiger partial charge in [0.15, 0.2) is 0 Å². The average molecular weight is 421 g/mol. The van der Waals surface area contributed by atoms with Crippen molar-refractivity contribution in [3.05, 3.63) is 83.2 Å². The van der Waals surface area contributed by atoms with E-state index < -0.39 is 40.9 Å². The fourth-order valence-corrected chi connectivity index (χ4v) is 2.59. The van der Waals surface area contributed by atoms with Crippen LogP contribution in [-0.2, 0) is 22.6 Å². The molecule has 0 aromatic heterocycles. The van der Waals surface area contributed by atoms with Crippen molar-refractivity contribution in [2.75, 3.05) is 6.61 Å². The molecule has 0 radical (unpaired) electrons. The monoisotopic (exact) mass is 421 g/mol. The number of hydrogen-bond acceptors (Lipinski definition) is 2. The molecule has 0 aliphatic heterocycles. The standard InChI is InChI=1S/C20H18F7NO/c1-3-18(28,14-4-6-17(21)7-5-14)11-29-12(2)13-8-15(19(22,23)24)10-16(9-13)20(25,26)27/h3-10,12H,1,11,28H2,2H3/t12-,18?/m1/s1. The molecule has 0 aliphatic carbocycles. The Kier molecular flexibility index (Phi) is 6.44. The second-order valence-electron chi connectivity index (χ2n) is 6.54. The van der Waals surface area contributed by atoms with Gasteiger partial charge in [-0.15, -0.1) is 6.58 Å². The Balaban J connectivity index is 2.30. The van der Waals surface area contributed by atoms with Crippen LogP contribution < -0.4 is 5.73 Å². The van der Waals surface area contributed by atoms with Crippen molar-refractivity contribution in [1.29, 1.82) is 0 Å². The Bertz CT molecular complexity index is 826. The molecule has 0 saturated heterocycles. The van der Waals surface area contributed by atoms with Gasteiger partial charge in [-0.3, -0.25) is 0 Å². The van der Waals surface area contributed by atoms with Gasteiger partial charge in [0.1, 0.15) is 5.82 Å². The molecule has 0 aliphatic rings. The van der Waals surface area contributed by atoms with Crippen molar-refractivity contribution in [3.8, 4) is 0 Å². The summed E-state index contributed by atoms with van der Waals surface area (Å²) in [5.41, 5.74) is 2.09. The average Bonchev–Trinajstić information content (AvgIpc) is 2.64. The zero-order valence-electron chi connectivity index (χ0n) is 15.2. The van der Waals surface area contributed by atoms with Crippen molar-refractivity contribution in [2.24, 2.45) is 5.73 Å². The van der Waals surface area contributed by atoms with E-state index in [1.807, 2.05) is 0 Å². The summed E-state index contributed by atoms with van der Waals surface area (Å²) in [6, 6.07) is 6.34. The lowest BCUT2D eigenvalue weighted by molar-refractivity contribution is -0.143. The third kappa shape index (κ3) is 5.57. The molecule has 2 nitrogen and oxygen atoms in total. The minimum Gasteiger partial charge on any atom is -0.371 e.